The lowest BCUT2D eigenvalue weighted by Crippen LogP contribution is -2.47. The molecule has 0 saturated heterocycles. The highest BCUT2D eigenvalue weighted by molar-refractivity contribution is 6.18. The van der Waals surface area contributed by atoms with Crippen LogP contribution in [0.3, 0.4) is 0 Å². The molecule has 2 N–H and O–H groups in total. The predicted octanol–water partition coefficient (Wildman–Crippen LogP) is 3.19. The average Bonchev–Trinajstić information content (AvgIpc) is 2.83. The molecule has 1 aliphatic heterocycles. The number of fused-ring (bicyclic) bond motifs is 1. The van der Waals surface area contributed by atoms with Gasteiger partial charge in [-0.25, -0.2) is 0 Å². The molecule has 0 spiro atoms. The number of carbonyl (C=O) groups excluding carboxylic acids is 4. The number of nitrogens with zero attached hydrogens (tertiary/aromatic N) is 1. The first kappa shape index (κ1) is 22.1. The normalized spacial score (nSPS) is 15.2. The summed E-state index contributed by atoms with van der Waals surface area (Å²) in [4.78, 5) is 50.5. The SMILES string of the molecule is Cc1ccc(CNC(=O)C2C(=O)N(O)C(=O)c3cc(CC(=O)c4ccccc4)ccc32)cc1. The second kappa shape index (κ2) is 9.18. The number of hydrogen-bond acceptors (Lipinski definition) is 5. The van der Waals surface area contributed by atoms with Crippen molar-refractivity contribution in [3.05, 3.63) is 106 Å². The molecule has 33 heavy (non-hydrogen) atoms. The Bertz CT molecular complexity index is 1240. The van der Waals surface area contributed by atoms with E-state index in [1.165, 1.54) is 12.1 Å². The number of aryl methyl sites for hydroxylation is 1. The van der Waals surface area contributed by atoms with Crippen LogP contribution in [0, 0.1) is 6.92 Å². The first-order valence-corrected chi connectivity index (χ1v) is 10.5. The van der Waals surface area contributed by atoms with Crippen LogP contribution in [-0.2, 0) is 22.6 Å². The van der Waals surface area contributed by atoms with E-state index in [1.807, 2.05) is 37.3 Å². The van der Waals surface area contributed by atoms with Crippen LogP contribution >= 0.6 is 0 Å². The molecule has 1 atom stereocenters. The molecule has 1 heterocycles. The molecule has 4 rings (SSSR count). The minimum atomic E-state index is -1.37. The third kappa shape index (κ3) is 4.58. The molecular formula is C26H22N2O5. The molecule has 0 aromatic heterocycles. The Labute approximate surface area is 190 Å². The smallest absolute Gasteiger partial charge is 0.284 e. The first-order valence-electron chi connectivity index (χ1n) is 10.5. The second-order valence-electron chi connectivity index (χ2n) is 7.98. The fourth-order valence-electron chi connectivity index (χ4n) is 3.78. The lowest BCUT2D eigenvalue weighted by Gasteiger charge is -2.28. The van der Waals surface area contributed by atoms with Crippen LogP contribution in [0.25, 0.3) is 0 Å². The van der Waals surface area contributed by atoms with Crippen molar-refractivity contribution in [2.24, 2.45) is 0 Å². The fraction of sp³-hybridized carbons (Fsp3) is 0.154. The first-order chi connectivity index (χ1) is 15.8. The largest absolute Gasteiger partial charge is 0.351 e. The van der Waals surface area contributed by atoms with Gasteiger partial charge < -0.3 is 5.32 Å². The van der Waals surface area contributed by atoms with Crippen molar-refractivity contribution in [3.63, 3.8) is 0 Å². The van der Waals surface area contributed by atoms with Crippen molar-refractivity contribution >= 4 is 23.5 Å². The number of hydrogen-bond donors (Lipinski definition) is 2. The van der Waals surface area contributed by atoms with Gasteiger partial charge in [0.05, 0.1) is 0 Å². The second-order valence-corrected chi connectivity index (χ2v) is 7.98. The number of ketones is 1. The molecule has 0 fully saturated rings. The Morgan fingerprint density at radius 1 is 0.939 bits per heavy atom. The zero-order chi connectivity index (χ0) is 23.5. The molecule has 1 aliphatic rings. The minimum absolute atomic E-state index is 0.0194. The summed E-state index contributed by atoms with van der Waals surface area (Å²) in [7, 11) is 0. The van der Waals surface area contributed by atoms with Crippen LogP contribution < -0.4 is 5.32 Å². The number of nitrogens with one attached hydrogen (secondary N) is 1. The van der Waals surface area contributed by atoms with Gasteiger partial charge in [-0.15, -0.1) is 0 Å². The summed E-state index contributed by atoms with van der Waals surface area (Å²) >= 11 is 0. The number of carbonyl (C=O) groups is 4. The standard InChI is InChI=1S/C26H22N2O5/c1-16-7-9-17(10-8-16)15-27-24(30)23-20-12-11-18(13-21(20)25(31)28(33)26(23)32)14-22(29)19-5-3-2-4-6-19/h2-13,23,33H,14-15H2,1H3,(H,27,30). The third-order valence-corrected chi connectivity index (χ3v) is 5.62. The van der Waals surface area contributed by atoms with Crippen LogP contribution in [0.4, 0.5) is 0 Å². The summed E-state index contributed by atoms with van der Waals surface area (Å²) in [5.41, 5.74) is 3.23. The van der Waals surface area contributed by atoms with Crippen LogP contribution in [-0.4, -0.2) is 33.8 Å². The molecule has 3 aromatic rings. The minimum Gasteiger partial charge on any atom is -0.351 e. The quantitative estimate of drug-likeness (QED) is 0.264. The molecule has 3 amide bonds. The molecule has 0 bridgehead atoms. The Balaban J connectivity index is 1.57. The fourth-order valence-corrected chi connectivity index (χ4v) is 3.78. The van der Waals surface area contributed by atoms with Gasteiger partial charge in [-0.05, 0) is 29.7 Å². The zero-order valence-corrected chi connectivity index (χ0v) is 17.9. The molecule has 1 unspecified atom stereocenters. The van der Waals surface area contributed by atoms with Gasteiger partial charge >= 0.3 is 0 Å². The topological polar surface area (TPSA) is 104 Å². The Kier molecular flexibility index (Phi) is 6.15. The highest BCUT2D eigenvalue weighted by atomic mass is 16.5. The van der Waals surface area contributed by atoms with Gasteiger partial charge in [0.1, 0.15) is 5.92 Å². The number of Topliss-reactive ketones (excluding diaryl/α,β-unsaturated/α-hetero) is 1. The van der Waals surface area contributed by atoms with Crippen LogP contribution in [0.1, 0.15) is 48.9 Å². The highest BCUT2D eigenvalue weighted by Gasteiger charge is 2.42. The number of amides is 3. The predicted molar refractivity (Wildman–Crippen MR) is 120 cm³/mol. The molecular weight excluding hydrogens is 420 g/mol. The van der Waals surface area contributed by atoms with E-state index in [0.717, 1.165) is 11.1 Å². The number of hydroxylamine groups is 2. The van der Waals surface area contributed by atoms with Crippen LogP contribution in [0.2, 0.25) is 0 Å². The molecule has 166 valence electrons. The van der Waals surface area contributed by atoms with E-state index in [1.54, 1.807) is 30.3 Å². The van der Waals surface area contributed by atoms with Gasteiger partial charge in [0, 0.05) is 24.1 Å². The maximum atomic E-state index is 12.9. The molecule has 0 saturated carbocycles. The summed E-state index contributed by atoms with van der Waals surface area (Å²) in [6, 6.07) is 20.9. The van der Waals surface area contributed by atoms with Gasteiger partial charge in [-0.3, -0.25) is 24.4 Å². The van der Waals surface area contributed by atoms with Crippen molar-refractivity contribution in [3.8, 4) is 0 Å². The van der Waals surface area contributed by atoms with E-state index in [0.29, 0.717) is 11.1 Å². The number of imide groups is 1. The van der Waals surface area contributed by atoms with E-state index in [4.69, 9.17) is 0 Å². The maximum Gasteiger partial charge on any atom is 0.284 e. The van der Waals surface area contributed by atoms with Gasteiger partial charge in [0.15, 0.2) is 5.78 Å². The maximum absolute atomic E-state index is 12.9. The summed E-state index contributed by atoms with van der Waals surface area (Å²) in [5, 5.41) is 12.7. The Morgan fingerprint density at radius 2 is 1.61 bits per heavy atom. The third-order valence-electron chi connectivity index (χ3n) is 5.62. The van der Waals surface area contributed by atoms with Gasteiger partial charge in [0.2, 0.25) is 5.91 Å². The number of rotatable bonds is 6. The molecule has 0 aliphatic carbocycles. The molecule has 7 nitrogen and oxygen atoms in total. The van der Waals surface area contributed by atoms with Crippen molar-refractivity contribution in [1.82, 2.24) is 10.4 Å². The van der Waals surface area contributed by atoms with Gasteiger partial charge in [0.25, 0.3) is 11.8 Å². The van der Waals surface area contributed by atoms with E-state index < -0.39 is 23.6 Å². The van der Waals surface area contributed by atoms with Crippen molar-refractivity contribution in [2.75, 3.05) is 0 Å². The van der Waals surface area contributed by atoms with E-state index in [-0.39, 0.29) is 34.9 Å². The summed E-state index contributed by atoms with van der Waals surface area (Å²) < 4.78 is 0. The molecule has 3 aromatic carbocycles. The van der Waals surface area contributed by atoms with Crippen molar-refractivity contribution in [2.45, 2.75) is 25.8 Å². The van der Waals surface area contributed by atoms with Crippen molar-refractivity contribution < 1.29 is 24.4 Å². The lowest BCUT2D eigenvalue weighted by molar-refractivity contribution is -0.158. The monoisotopic (exact) mass is 442 g/mol. The van der Waals surface area contributed by atoms with Crippen LogP contribution in [0.5, 0.6) is 0 Å². The van der Waals surface area contributed by atoms with Crippen LogP contribution in [0.15, 0.2) is 72.8 Å². The van der Waals surface area contributed by atoms with E-state index >= 15 is 0 Å². The van der Waals surface area contributed by atoms with E-state index in [2.05, 4.69) is 5.32 Å². The summed E-state index contributed by atoms with van der Waals surface area (Å²) in [5.74, 6) is -4.06. The Hall–Kier alpha value is -4.10. The van der Waals surface area contributed by atoms with Gasteiger partial charge in [-0.2, -0.15) is 5.06 Å². The van der Waals surface area contributed by atoms with Gasteiger partial charge in [-0.1, -0.05) is 72.3 Å². The highest BCUT2D eigenvalue weighted by Crippen LogP contribution is 2.30. The number of benzene rings is 3. The van der Waals surface area contributed by atoms with E-state index in [9.17, 15) is 24.4 Å². The summed E-state index contributed by atoms with van der Waals surface area (Å²) in [6.45, 7) is 2.15. The van der Waals surface area contributed by atoms with Crippen molar-refractivity contribution in [1.29, 1.82) is 0 Å². The lowest BCUT2D eigenvalue weighted by atomic mass is 9.86. The summed E-state index contributed by atoms with van der Waals surface area (Å²) in [6.07, 6.45) is 0.0359. The molecule has 0 radical (unpaired) electrons. The average molecular weight is 442 g/mol. The Morgan fingerprint density at radius 3 is 2.30 bits per heavy atom. The molecule has 7 heteroatoms. The zero-order valence-electron chi connectivity index (χ0n) is 17.9.